The SMILES string of the molecule is Cc1ccc(O)c(C(=O)OCC(=O)Nc2c(C#N)c(C)c(C)n2Cc2ccc(F)cc2)c1. The number of anilines is 1. The van der Waals surface area contributed by atoms with Crippen LogP contribution in [-0.2, 0) is 16.1 Å². The van der Waals surface area contributed by atoms with Crippen molar-refractivity contribution in [1.29, 1.82) is 5.26 Å². The zero-order valence-electron chi connectivity index (χ0n) is 17.9. The zero-order valence-corrected chi connectivity index (χ0v) is 17.9. The lowest BCUT2D eigenvalue weighted by molar-refractivity contribution is -0.119. The number of ether oxygens (including phenoxy) is 1. The molecule has 3 aromatic rings. The Bertz CT molecular complexity index is 1220. The van der Waals surface area contributed by atoms with Gasteiger partial charge in [0, 0.05) is 12.2 Å². The second-order valence-electron chi connectivity index (χ2n) is 7.40. The van der Waals surface area contributed by atoms with Crippen molar-refractivity contribution in [3.63, 3.8) is 0 Å². The van der Waals surface area contributed by atoms with Gasteiger partial charge >= 0.3 is 5.97 Å². The average molecular weight is 435 g/mol. The third-order valence-corrected chi connectivity index (χ3v) is 5.16. The Labute approximate surface area is 184 Å². The van der Waals surface area contributed by atoms with Gasteiger partial charge in [-0.3, -0.25) is 4.79 Å². The molecule has 3 rings (SSSR count). The number of phenols is 1. The molecular weight excluding hydrogens is 413 g/mol. The van der Waals surface area contributed by atoms with Crippen LogP contribution < -0.4 is 5.32 Å². The largest absolute Gasteiger partial charge is 0.507 e. The number of halogens is 1. The maximum Gasteiger partial charge on any atom is 0.342 e. The third kappa shape index (κ3) is 4.78. The van der Waals surface area contributed by atoms with Gasteiger partial charge < -0.3 is 19.7 Å². The van der Waals surface area contributed by atoms with Crippen molar-refractivity contribution in [2.75, 3.05) is 11.9 Å². The van der Waals surface area contributed by atoms with Gasteiger partial charge in [-0.15, -0.1) is 0 Å². The van der Waals surface area contributed by atoms with Crippen LogP contribution in [0.25, 0.3) is 0 Å². The molecule has 0 aliphatic carbocycles. The summed E-state index contributed by atoms with van der Waals surface area (Å²) in [6, 6.07) is 12.5. The molecular formula is C24H22FN3O4. The molecule has 2 aromatic carbocycles. The van der Waals surface area contributed by atoms with E-state index in [0.717, 1.165) is 16.8 Å². The summed E-state index contributed by atoms with van der Waals surface area (Å²) in [5.41, 5.74) is 3.25. The number of aryl methyl sites for hydroxylation is 1. The van der Waals surface area contributed by atoms with Crippen LogP contribution in [0.2, 0.25) is 0 Å². The predicted molar refractivity (Wildman–Crippen MR) is 116 cm³/mol. The molecule has 0 spiro atoms. The molecule has 32 heavy (non-hydrogen) atoms. The number of carbonyl (C=O) groups excluding carboxylic acids is 2. The highest BCUT2D eigenvalue weighted by Crippen LogP contribution is 2.27. The van der Waals surface area contributed by atoms with Crippen LogP contribution >= 0.6 is 0 Å². The minimum absolute atomic E-state index is 0.0399. The number of aromatic hydroxyl groups is 1. The summed E-state index contributed by atoms with van der Waals surface area (Å²) in [5, 5.41) is 22.1. The van der Waals surface area contributed by atoms with Crippen LogP contribution in [0.1, 0.15) is 38.3 Å². The van der Waals surface area contributed by atoms with Gasteiger partial charge in [-0.2, -0.15) is 5.26 Å². The fraction of sp³-hybridized carbons (Fsp3) is 0.208. The second kappa shape index (κ2) is 9.35. The summed E-state index contributed by atoms with van der Waals surface area (Å²) in [5.74, 6) is -1.81. The number of nitrogens with zero attached hydrogens (tertiary/aromatic N) is 2. The molecule has 0 saturated heterocycles. The van der Waals surface area contributed by atoms with Crippen LogP contribution in [0.4, 0.5) is 10.2 Å². The number of phenolic OH excluding ortho intramolecular Hbond substituents is 1. The first-order valence-electron chi connectivity index (χ1n) is 9.82. The van der Waals surface area contributed by atoms with E-state index in [9.17, 15) is 24.3 Å². The number of benzene rings is 2. The number of aromatic nitrogens is 1. The summed E-state index contributed by atoms with van der Waals surface area (Å²) in [6.07, 6.45) is 0. The Morgan fingerprint density at radius 1 is 1.16 bits per heavy atom. The van der Waals surface area contributed by atoms with Gasteiger partial charge in [0.2, 0.25) is 0 Å². The van der Waals surface area contributed by atoms with Crippen molar-refractivity contribution in [3.05, 3.63) is 81.8 Å². The highest BCUT2D eigenvalue weighted by Gasteiger charge is 2.21. The van der Waals surface area contributed by atoms with Gasteiger partial charge in [-0.05, 0) is 56.2 Å². The highest BCUT2D eigenvalue weighted by atomic mass is 19.1. The third-order valence-electron chi connectivity index (χ3n) is 5.16. The quantitative estimate of drug-likeness (QED) is 0.570. The van der Waals surface area contributed by atoms with Crippen molar-refractivity contribution in [2.24, 2.45) is 0 Å². The van der Waals surface area contributed by atoms with Crippen molar-refractivity contribution < 1.29 is 23.8 Å². The lowest BCUT2D eigenvalue weighted by Crippen LogP contribution is -2.23. The summed E-state index contributed by atoms with van der Waals surface area (Å²) in [4.78, 5) is 24.8. The Hall–Kier alpha value is -4.12. The molecule has 0 bridgehead atoms. The molecule has 164 valence electrons. The molecule has 8 heteroatoms. The number of rotatable bonds is 6. The molecule has 0 aliphatic rings. The van der Waals surface area contributed by atoms with Gasteiger partial charge in [0.15, 0.2) is 6.61 Å². The molecule has 0 radical (unpaired) electrons. The maximum absolute atomic E-state index is 13.2. The summed E-state index contributed by atoms with van der Waals surface area (Å²) in [6.45, 7) is 5.05. The molecule has 0 unspecified atom stereocenters. The van der Waals surface area contributed by atoms with Gasteiger partial charge in [0.05, 0.1) is 5.56 Å². The highest BCUT2D eigenvalue weighted by molar-refractivity contribution is 5.97. The van der Waals surface area contributed by atoms with E-state index in [4.69, 9.17) is 4.74 Å². The monoisotopic (exact) mass is 435 g/mol. The molecule has 1 amide bonds. The zero-order chi connectivity index (χ0) is 23.4. The van der Waals surface area contributed by atoms with Gasteiger partial charge in [0.25, 0.3) is 5.91 Å². The summed E-state index contributed by atoms with van der Waals surface area (Å²) in [7, 11) is 0. The Morgan fingerprint density at radius 2 is 1.84 bits per heavy atom. The van der Waals surface area contributed by atoms with Crippen LogP contribution in [0.3, 0.4) is 0 Å². The molecule has 0 saturated carbocycles. The molecule has 0 fully saturated rings. The van der Waals surface area contributed by atoms with E-state index in [1.165, 1.54) is 24.3 Å². The minimum atomic E-state index is -0.837. The van der Waals surface area contributed by atoms with Crippen LogP contribution in [-0.4, -0.2) is 28.2 Å². The van der Waals surface area contributed by atoms with E-state index in [-0.39, 0.29) is 22.9 Å². The van der Waals surface area contributed by atoms with Gasteiger partial charge in [-0.1, -0.05) is 23.8 Å². The Balaban J connectivity index is 1.78. The molecule has 7 nitrogen and oxygen atoms in total. The van der Waals surface area contributed by atoms with E-state index in [0.29, 0.717) is 17.7 Å². The van der Waals surface area contributed by atoms with Crippen molar-refractivity contribution in [1.82, 2.24) is 4.57 Å². The first kappa shape index (κ1) is 22.6. The van der Waals surface area contributed by atoms with E-state index >= 15 is 0 Å². The summed E-state index contributed by atoms with van der Waals surface area (Å²) < 4.78 is 20.0. The smallest absolute Gasteiger partial charge is 0.342 e. The number of hydrogen-bond acceptors (Lipinski definition) is 5. The van der Waals surface area contributed by atoms with Crippen molar-refractivity contribution >= 4 is 17.7 Å². The number of hydrogen-bond donors (Lipinski definition) is 2. The molecule has 0 atom stereocenters. The minimum Gasteiger partial charge on any atom is -0.507 e. The van der Waals surface area contributed by atoms with E-state index in [1.807, 2.05) is 6.92 Å². The standard InChI is InChI=1S/C24H22FN3O4/c1-14-4-9-21(29)19(10-14)24(31)32-13-22(30)27-23-20(11-26)15(2)16(3)28(23)12-17-5-7-18(25)8-6-17/h4-10,29H,12-13H2,1-3H3,(H,27,30). The summed E-state index contributed by atoms with van der Waals surface area (Å²) >= 11 is 0. The van der Waals surface area contributed by atoms with E-state index < -0.39 is 18.5 Å². The van der Waals surface area contributed by atoms with Crippen LogP contribution in [0.5, 0.6) is 5.75 Å². The number of nitriles is 1. The van der Waals surface area contributed by atoms with Crippen molar-refractivity contribution in [3.8, 4) is 11.8 Å². The van der Waals surface area contributed by atoms with Crippen molar-refractivity contribution in [2.45, 2.75) is 27.3 Å². The second-order valence-corrected chi connectivity index (χ2v) is 7.40. The first-order chi connectivity index (χ1) is 15.2. The van der Waals surface area contributed by atoms with E-state index in [2.05, 4.69) is 11.4 Å². The fourth-order valence-electron chi connectivity index (χ4n) is 3.29. The van der Waals surface area contributed by atoms with Crippen LogP contribution in [0, 0.1) is 37.9 Å². The first-order valence-corrected chi connectivity index (χ1v) is 9.82. The van der Waals surface area contributed by atoms with E-state index in [1.54, 1.807) is 36.6 Å². The maximum atomic E-state index is 13.2. The van der Waals surface area contributed by atoms with Crippen LogP contribution in [0.15, 0.2) is 42.5 Å². The average Bonchev–Trinajstić information content (AvgIpc) is 2.98. The number of carbonyl (C=O) groups is 2. The molecule has 0 aliphatic heterocycles. The van der Waals surface area contributed by atoms with Gasteiger partial charge in [0.1, 0.15) is 29.0 Å². The Morgan fingerprint density at radius 3 is 2.50 bits per heavy atom. The lowest BCUT2D eigenvalue weighted by atomic mass is 10.1. The fourth-order valence-corrected chi connectivity index (χ4v) is 3.29. The topological polar surface area (TPSA) is 104 Å². The number of nitrogens with one attached hydrogen (secondary N) is 1. The predicted octanol–water partition coefficient (Wildman–Crippen LogP) is 3.97. The molecule has 2 N–H and O–H groups in total. The number of amides is 1. The van der Waals surface area contributed by atoms with Gasteiger partial charge in [-0.25, -0.2) is 9.18 Å². The normalized spacial score (nSPS) is 10.5. The Kier molecular flexibility index (Phi) is 6.59. The molecule has 1 aromatic heterocycles. The number of esters is 1. The lowest BCUT2D eigenvalue weighted by Gasteiger charge is -2.14. The molecule has 1 heterocycles.